The molecule has 1 N–H and O–H groups in total. The third-order valence-corrected chi connectivity index (χ3v) is 3.57. The molecule has 0 bridgehead atoms. The Balaban J connectivity index is 2.72. The van der Waals surface area contributed by atoms with E-state index in [9.17, 15) is 4.79 Å². The maximum Gasteiger partial charge on any atom is 0.272 e. The summed E-state index contributed by atoms with van der Waals surface area (Å²) in [6.07, 6.45) is 3.66. The van der Waals surface area contributed by atoms with Gasteiger partial charge in [0.1, 0.15) is 5.75 Å². The SMILES string of the molecule is COc1cccc(/C=C/[C@H](CBr)NC(=O)C(Cl)(Cl)Cl)c1. The van der Waals surface area contributed by atoms with Gasteiger partial charge < -0.3 is 10.1 Å². The van der Waals surface area contributed by atoms with E-state index in [1.165, 1.54) is 0 Å². The molecular formula is C13H13BrCl3NO2. The Hall–Kier alpha value is -0.420. The number of halogens is 4. The van der Waals surface area contributed by atoms with Crippen molar-refractivity contribution in [2.75, 3.05) is 12.4 Å². The Morgan fingerprint density at radius 2 is 2.20 bits per heavy atom. The van der Waals surface area contributed by atoms with Crippen LogP contribution < -0.4 is 10.1 Å². The molecule has 3 nitrogen and oxygen atoms in total. The van der Waals surface area contributed by atoms with E-state index >= 15 is 0 Å². The van der Waals surface area contributed by atoms with Gasteiger partial charge in [0.2, 0.25) is 0 Å². The average molecular weight is 402 g/mol. The molecule has 1 amide bonds. The van der Waals surface area contributed by atoms with Crippen LogP contribution in [-0.2, 0) is 4.79 Å². The molecule has 0 fully saturated rings. The van der Waals surface area contributed by atoms with Crippen molar-refractivity contribution < 1.29 is 9.53 Å². The summed E-state index contributed by atoms with van der Waals surface area (Å²) < 4.78 is 3.16. The van der Waals surface area contributed by atoms with Crippen LogP contribution >= 0.6 is 50.7 Å². The van der Waals surface area contributed by atoms with E-state index in [0.717, 1.165) is 11.3 Å². The Morgan fingerprint density at radius 1 is 1.50 bits per heavy atom. The van der Waals surface area contributed by atoms with Crippen molar-refractivity contribution in [3.05, 3.63) is 35.9 Å². The molecule has 0 radical (unpaired) electrons. The molecule has 1 atom stereocenters. The van der Waals surface area contributed by atoms with Gasteiger partial charge >= 0.3 is 0 Å². The number of carbonyl (C=O) groups is 1. The molecule has 110 valence electrons. The molecule has 0 aliphatic heterocycles. The highest BCUT2D eigenvalue weighted by Crippen LogP contribution is 2.26. The van der Waals surface area contributed by atoms with E-state index in [0.29, 0.717) is 5.33 Å². The van der Waals surface area contributed by atoms with Gasteiger partial charge in [0, 0.05) is 5.33 Å². The van der Waals surface area contributed by atoms with Gasteiger partial charge in [-0.25, -0.2) is 0 Å². The van der Waals surface area contributed by atoms with Gasteiger partial charge in [-0.3, -0.25) is 4.79 Å². The summed E-state index contributed by atoms with van der Waals surface area (Å²) in [5, 5.41) is 3.11. The summed E-state index contributed by atoms with van der Waals surface area (Å²) >= 11 is 19.8. The molecule has 0 saturated heterocycles. The zero-order valence-electron chi connectivity index (χ0n) is 10.6. The van der Waals surface area contributed by atoms with Gasteiger partial charge in [0.05, 0.1) is 13.2 Å². The van der Waals surface area contributed by atoms with Crippen LogP contribution in [0.3, 0.4) is 0 Å². The van der Waals surface area contributed by atoms with Crippen molar-refractivity contribution in [3.8, 4) is 5.75 Å². The number of amides is 1. The van der Waals surface area contributed by atoms with Gasteiger partial charge in [-0.2, -0.15) is 0 Å². The molecule has 0 aromatic heterocycles. The Morgan fingerprint density at radius 3 is 2.75 bits per heavy atom. The van der Waals surface area contributed by atoms with E-state index in [1.807, 2.05) is 30.3 Å². The van der Waals surface area contributed by atoms with E-state index in [1.54, 1.807) is 13.2 Å². The van der Waals surface area contributed by atoms with Crippen LogP contribution in [0.25, 0.3) is 6.08 Å². The lowest BCUT2D eigenvalue weighted by Crippen LogP contribution is -2.41. The first-order valence-electron chi connectivity index (χ1n) is 5.62. The number of ether oxygens (including phenoxy) is 1. The topological polar surface area (TPSA) is 38.3 Å². The average Bonchev–Trinajstić information content (AvgIpc) is 2.42. The number of hydrogen-bond donors (Lipinski definition) is 1. The minimum absolute atomic E-state index is 0.288. The third-order valence-electron chi connectivity index (χ3n) is 2.35. The lowest BCUT2D eigenvalue weighted by atomic mass is 10.1. The van der Waals surface area contributed by atoms with Crippen molar-refractivity contribution in [1.29, 1.82) is 0 Å². The summed E-state index contributed by atoms with van der Waals surface area (Å²) in [6.45, 7) is 0. The first-order valence-corrected chi connectivity index (χ1v) is 7.88. The molecular weight excluding hydrogens is 388 g/mol. The second kappa shape index (κ2) is 8.13. The normalized spacial score (nSPS) is 13.2. The van der Waals surface area contributed by atoms with Crippen LogP contribution in [0.5, 0.6) is 5.75 Å². The highest BCUT2D eigenvalue weighted by atomic mass is 79.9. The summed E-state index contributed by atoms with van der Waals surface area (Å²) in [5.74, 6) is 0.0927. The molecule has 0 saturated carbocycles. The van der Waals surface area contributed by atoms with E-state index in [2.05, 4.69) is 21.2 Å². The van der Waals surface area contributed by atoms with Crippen molar-refractivity contribution in [2.45, 2.75) is 9.83 Å². The number of rotatable bonds is 5. The molecule has 0 unspecified atom stereocenters. The number of methoxy groups -OCH3 is 1. The van der Waals surface area contributed by atoms with Gasteiger partial charge in [-0.1, -0.05) is 75.0 Å². The van der Waals surface area contributed by atoms with E-state index < -0.39 is 9.70 Å². The maximum atomic E-state index is 11.6. The fourth-order valence-corrected chi connectivity index (χ4v) is 1.90. The number of nitrogens with one attached hydrogen (secondary N) is 1. The van der Waals surface area contributed by atoms with E-state index in [4.69, 9.17) is 39.5 Å². The highest BCUT2D eigenvalue weighted by molar-refractivity contribution is 9.09. The molecule has 7 heteroatoms. The van der Waals surface area contributed by atoms with Crippen LogP contribution in [0.2, 0.25) is 0 Å². The van der Waals surface area contributed by atoms with Gasteiger partial charge in [-0.05, 0) is 17.7 Å². The first kappa shape index (κ1) is 17.6. The fourth-order valence-electron chi connectivity index (χ4n) is 1.36. The molecule has 0 spiro atoms. The molecule has 20 heavy (non-hydrogen) atoms. The van der Waals surface area contributed by atoms with Gasteiger partial charge in [0.25, 0.3) is 9.70 Å². The van der Waals surface area contributed by atoms with Crippen molar-refractivity contribution in [2.24, 2.45) is 0 Å². The standard InChI is InChI=1S/C13H13BrCl3NO2/c1-20-11-4-2-3-9(7-11)5-6-10(8-14)18-12(19)13(15,16)17/h2-7,10H,8H2,1H3,(H,18,19)/b6-5+/t10-/m1/s1. The van der Waals surface area contributed by atoms with Gasteiger partial charge in [-0.15, -0.1) is 0 Å². The molecule has 1 aromatic carbocycles. The van der Waals surface area contributed by atoms with Gasteiger partial charge in [0.15, 0.2) is 0 Å². The maximum absolute atomic E-state index is 11.6. The number of alkyl halides is 4. The largest absolute Gasteiger partial charge is 0.497 e. The Kier molecular flexibility index (Phi) is 7.17. The van der Waals surface area contributed by atoms with Crippen molar-refractivity contribution >= 4 is 62.7 Å². The third kappa shape index (κ3) is 5.92. The van der Waals surface area contributed by atoms with Crippen LogP contribution in [0.4, 0.5) is 0 Å². The number of carbonyl (C=O) groups excluding carboxylic acids is 1. The summed E-state index contributed by atoms with van der Waals surface area (Å²) in [5.41, 5.74) is 0.943. The molecule has 1 rings (SSSR count). The lowest BCUT2D eigenvalue weighted by molar-refractivity contribution is -0.120. The molecule has 1 aromatic rings. The zero-order chi connectivity index (χ0) is 15.2. The number of hydrogen-bond acceptors (Lipinski definition) is 2. The summed E-state index contributed by atoms with van der Waals surface area (Å²) in [4.78, 5) is 11.6. The summed E-state index contributed by atoms with van der Waals surface area (Å²) in [6, 6.07) is 7.23. The zero-order valence-corrected chi connectivity index (χ0v) is 14.4. The predicted octanol–water partition coefficient (Wildman–Crippen LogP) is 3.96. The summed E-state index contributed by atoms with van der Waals surface area (Å²) in [7, 11) is 1.60. The lowest BCUT2D eigenvalue weighted by Gasteiger charge is -2.16. The molecule has 0 aliphatic rings. The Bertz CT molecular complexity index is 489. The Labute approximate surface area is 141 Å². The van der Waals surface area contributed by atoms with Crippen LogP contribution in [0.1, 0.15) is 5.56 Å². The molecule has 0 heterocycles. The minimum atomic E-state index is -1.97. The second-order valence-corrected chi connectivity index (χ2v) is 6.80. The van der Waals surface area contributed by atoms with Crippen LogP contribution in [0.15, 0.2) is 30.3 Å². The first-order chi connectivity index (χ1) is 9.36. The minimum Gasteiger partial charge on any atom is -0.497 e. The monoisotopic (exact) mass is 399 g/mol. The smallest absolute Gasteiger partial charge is 0.272 e. The van der Waals surface area contributed by atoms with Crippen molar-refractivity contribution in [3.63, 3.8) is 0 Å². The molecule has 0 aliphatic carbocycles. The van der Waals surface area contributed by atoms with E-state index in [-0.39, 0.29) is 6.04 Å². The predicted molar refractivity (Wildman–Crippen MR) is 88.0 cm³/mol. The quantitative estimate of drug-likeness (QED) is 0.759. The highest BCUT2D eigenvalue weighted by Gasteiger charge is 2.31. The van der Waals surface area contributed by atoms with Crippen LogP contribution in [0, 0.1) is 0 Å². The fraction of sp³-hybridized carbons (Fsp3) is 0.308. The number of benzene rings is 1. The van der Waals surface area contributed by atoms with Crippen LogP contribution in [-0.4, -0.2) is 28.2 Å². The van der Waals surface area contributed by atoms with Crippen molar-refractivity contribution in [1.82, 2.24) is 5.32 Å². The second-order valence-electron chi connectivity index (χ2n) is 3.87.